The lowest BCUT2D eigenvalue weighted by Crippen LogP contribution is -2.36. The van der Waals surface area contributed by atoms with E-state index in [1.165, 1.54) is 5.57 Å². The molecular weight excluding hydrogens is 230 g/mol. The van der Waals surface area contributed by atoms with Crippen LogP contribution in [0.1, 0.15) is 46.5 Å². The molecule has 0 bridgehead atoms. The second-order valence-corrected chi connectivity index (χ2v) is 5.36. The molecule has 4 heteroatoms. The summed E-state index contributed by atoms with van der Waals surface area (Å²) >= 11 is 0. The van der Waals surface area contributed by atoms with E-state index in [0.717, 1.165) is 19.3 Å². The fourth-order valence-corrected chi connectivity index (χ4v) is 2.62. The van der Waals surface area contributed by atoms with Crippen molar-refractivity contribution in [1.82, 2.24) is 0 Å². The number of esters is 1. The Kier molecular flexibility index (Phi) is 3.73. The van der Waals surface area contributed by atoms with E-state index in [2.05, 4.69) is 18.2 Å². The first-order valence-corrected chi connectivity index (χ1v) is 6.63. The molecule has 1 heterocycles. The third kappa shape index (κ3) is 2.57. The van der Waals surface area contributed by atoms with Crippen LogP contribution in [0.2, 0.25) is 0 Å². The van der Waals surface area contributed by atoms with Crippen molar-refractivity contribution >= 4 is 11.7 Å². The fourth-order valence-electron chi connectivity index (χ4n) is 2.62. The van der Waals surface area contributed by atoms with Crippen molar-refractivity contribution in [3.05, 3.63) is 11.6 Å². The largest absolute Gasteiger partial charge is 0.461 e. The van der Waals surface area contributed by atoms with Crippen LogP contribution in [0.5, 0.6) is 0 Å². The van der Waals surface area contributed by atoms with Crippen molar-refractivity contribution in [2.75, 3.05) is 6.61 Å². The Balaban J connectivity index is 1.98. The highest BCUT2D eigenvalue weighted by Gasteiger charge is 2.44. The highest BCUT2D eigenvalue weighted by atomic mass is 16.7. The number of oxime groups is 1. The van der Waals surface area contributed by atoms with Crippen molar-refractivity contribution in [3.63, 3.8) is 0 Å². The summed E-state index contributed by atoms with van der Waals surface area (Å²) in [5.41, 5.74) is 1.52. The molecule has 0 spiro atoms. The van der Waals surface area contributed by atoms with Crippen LogP contribution in [0, 0.1) is 5.92 Å². The molecule has 1 aliphatic heterocycles. The van der Waals surface area contributed by atoms with Gasteiger partial charge in [0, 0.05) is 12.3 Å². The molecule has 2 aliphatic rings. The molecular formula is C14H21NO3. The van der Waals surface area contributed by atoms with Crippen LogP contribution >= 0.6 is 0 Å². The number of carbonyl (C=O) groups excluding carboxylic acids is 1. The summed E-state index contributed by atoms with van der Waals surface area (Å²) < 4.78 is 4.96. The molecule has 0 aromatic heterocycles. The van der Waals surface area contributed by atoms with Crippen LogP contribution in [0.4, 0.5) is 0 Å². The Hall–Kier alpha value is -1.32. The first-order chi connectivity index (χ1) is 8.55. The number of carbonyl (C=O) groups is 1. The van der Waals surface area contributed by atoms with Crippen molar-refractivity contribution in [3.8, 4) is 0 Å². The summed E-state index contributed by atoms with van der Waals surface area (Å²) in [5.74, 6) is 0.0839. The Morgan fingerprint density at radius 2 is 2.44 bits per heavy atom. The van der Waals surface area contributed by atoms with Crippen LogP contribution in [-0.2, 0) is 14.4 Å². The molecule has 18 heavy (non-hydrogen) atoms. The minimum atomic E-state index is -0.348. The van der Waals surface area contributed by atoms with Gasteiger partial charge in [0.1, 0.15) is 5.60 Å². The summed E-state index contributed by atoms with van der Waals surface area (Å²) in [6, 6.07) is 0. The number of nitrogens with zero attached hydrogens (tertiary/aromatic N) is 1. The van der Waals surface area contributed by atoms with E-state index in [1.807, 2.05) is 6.92 Å². The Bertz CT molecular complexity index is 400. The molecule has 4 nitrogen and oxygen atoms in total. The van der Waals surface area contributed by atoms with Crippen LogP contribution in [0.15, 0.2) is 16.8 Å². The maximum Gasteiger partial charge on any atom is 0.356 e. The maximum atomic E-state index is 11.6. The van der Waals surface area contributed by atoms with Gasteiger partial charge in [-0.1, -0.05) is 16.8 Å². The standard InChI is InChI=1S/C14H21NO3/c1-4-17-13(16)12-9-14(3,18-15-12)11-7-5-10(2)6-8-11/h5,11H,4,6-9H2,1-3H3/t11-,14?/m1/s1. The zero-order valence-corrected chi connectivity index (χ0v) is 11.4. The minimum absolute atomic E-state index is 0.344. The maximum absolute atomic E-state index is 11.6. The summed E-state index contributed by atoms with van der Waals surface area (Å²) in [4.78, 5) is 17.2. The highest BCUT2D eigenvalue weighted by Crippen LogP contribution is 2.39. The molecule has 0 fully saturated rings. The molecule has 2 atom stereocenters. The van der Waals surface area contributed by atoms with E-state index in [0.29, 0.717) is 24.7 Å². The van der Waals surface area contributed by atoms with Gasteiger partial charge in [-0.25, -0.2) is 4.79 Å². The van der Waals surface area contributed by atoms with Crippen molar-refractivity contribution in [1.29, 1.82) is 0 Å². The van der Waals surface area contributed by atoms with E-state index in [-0.39, 0.29) is 11.6 Å². The van der Waals surface area contributed by atoms with Crippen LogP contribution < -0.4 is 0 Å². The van der Waals surface area contributed by atoms with Crippen LogP contribution in [0.25, 0.3) is 0 Å². The van der Waals surface area contributed by atoms with Gasteiger partial charge in [-0.05, 0) is 40.0 Å². The van der Waals surface area contributed by atoms with Gasteiger partial charge >= 0.3 is 5.97 Å². The smallest absolute Gasteiger partial charge is 0.356 e. The Morgan fingerprint density at radius 3 is 3.06 bits per heavy atom. The zero-order chi connectivity index (χ0) is 13.2. The molecule has 0 N–H and O–H groups in total. The Labute approximate surface area is 108 Å². The molecule has 0 aromatic carbocycles. The van der Waals surface area contributed by atoms with Gasteiger partial charge in [0.15, 0.2) is 5.71 Å². The van der Waals surface area contributed by atoms with Gasteiger partial charge < -0.3 is 9.57 Å². The number of ether oxygens (including phenoxy) is 1. The summed E-state index contributed by atoms with van der Waals surface area (Å²) in [5, 5.41) is 3.92. The number of hydrogen-bond donors (Lipinski definition) is 0. The van der Waals surface area contributed by atoms with Gasteiger partial charge in [0.25, 0.3) is 0 Å². The molecule has 100 valence electrons. The average Bonchev–Trinajstić information content (AvgIpc) is 2.74. The molecule has 0 saturated carbocycles. The van der Waals surface area contributed by atoms with Crippen LogP contribution in [0.3, 0.4) is 0 Å². The molecule has 0 aromatic rings. The predicted molar refractivity (Wildman–Crippen MR) is 69.3 cm³/mol. The van der Waals surface area contributed by atoms with Gasteiger partial charge in [0.05, 0.1) is 6.61 Å². The minimum Gasteiger partial charge on any atom is -0.461 e. The monoisotopic (exact) mass is 251 g/mol. The number of allylic oxidation sites excluding steroid dienone is 2. The average molecular weight is 251 g/mol. The van der Waals surface area contributed by atoms with Gasteiger partial charge in [0.2, 0.25) is 0 Å². The normalized spacial score (nSPS) is 31.4. The van der Waals surface area contributed by atoms with Crippen molar-refractivity contribution in [2.24, 2.45) is 11.1 Å². The van der Waals surface area contributed by atoms with Gasteiger partial charge in [-0.3, -0.25) is 0 Å². The second kappa shape index (κ2) is 5.12. The third-order valence-electron chi connectivity index (χ3n) is 3.90. The topological polar surface area (TPSA) is 47.9 Å². The van der Waals surface area contributed by atoms with E-state index in [1.54, 1.807) is 6.92 Å². The first kappa shape index (κ1) is 13.1. The summed E-state index contributed by atoms with van der Waals surface area (Å²) in [6.45, 7) is 6.37. The number of hydrogen-bond acceptors (Lipinski definition) is 4. The van der Waals surface area contributed by atoms with Gasteiger partial charge in [-0.2, -0.15) is 0 Å². The van der Waals surface area contributed by atoms with Crippen molar-refractivity contribution < 1.29 is 14.4 Å². The molecule has 0 radical (unpaired) electrons. The summed E-state index contributed by atoms with van der Waals surface area (Å²) in [6.07, 6.45) is 6.05. The Morgan fingerprint density at radius 1 is 1.67 bits per heavy atom. The van der Waals surface area contributed by atoms with Crippen molar-refractivity contribution in [2.45, 2.75) is 52.1 Å². The second-order valence-electron chi connectivity index (χ2n) is 5.36. The van der Waals surface area contributed by atoms with E-state index < -0.39 is 0 Å². The first-order valence-electron chi connectivity index (χ1n) is 6.63. The van der Waals surface area contributed by atoms with E-state index in [9.17, 15) is 4.79 Å². The lowest BCUT2D eigenvalue weighted by atomic mass is 9.76. The molecule has 0 amide bonds. The third-order valence-corrected chi connectivity index (χ3v) is 3.90. The molecule has 2 rings (SSSR count). The van der Waals surface area contributed by atoms with Gasteiger partial charge in [-0.15, -0.1) is 0 Å². The molecule has 1 unspecified atom stereocenters. The predicted octanol–water partition coefficient (Wildman–Crippen LogP) is 2.83. The number of rotatable bonds is 3. The molecule has 1 aliphatic carbocycles. The fraction of sp³-hybridized carbons (Fsp3) is 0.714. The molecule has 0 saturated heterocycles. The van der Waals surface area contributed by atoms with E-state index in [4.69, 9.17) is 9.57 Å². The lowest BCUT2D eigenvalue weighted by Gasteiger charge is -2.33. The zero-order valence-electron chi connectivity index (χ0n) is 11.4. The van der Waals surface area contributed by atoms with E-state index >= 15 is 0 Å². The quantitative estimate of drug-likeness (QED) is 0.572. The van der Waals surface area contributed by atoms with Crippen LogP contribution in [-0.4, -0.2) is 23.9 Å². The lowest BCUT2D eigenvalue weighted by molar-refractivity contribution is -0.135. The highest BCUT2D eigenvalue weighted by molar-refractivity contribution is 6.36. The summed E-state index contributed by atoms with van der Waals surface area (Å²) in [7, 11) is 0. The SMILES string of the molecule is CCOC(=O)C1=NOC(C)([C@@H]2CC=C(C)CC2)C1.